The van der Waals surface area contributed by atoms with E-state index < -0.39 is 14.9 Å². The van der Waals surface area contributed by atoms with Crippen molar-refractivity contribution in [1.29, 1.82) is 0 Å². The molecule has 2 aromatic rings. The molecule has 3 rings (SSSR count). The van der Waals surface area contributed by atoms with Gasteiger partial charge in [-0.15, -0.1) is 0 Å². The topological polar surface area (TPSA) is 92.5 Å². The van der Waals surface area contributed by atoms with Crippen molar-refractivity contribution in [3.8, 4) is 0 Å². The molecule has 0 aliphatic carbocycles. The molecule has 0 saturated heterocycles. The number of nitro groups is 1. The number of fused-ring (bicyclic) bond motifs is 1. The van der Waals surface area contributed by atoms with Crippen molar-refractivity contribution in [2.45, 2.75) is 25.3 Å². The summed E-state index contributed by atoms with van der Waals surface area (Å²) in [4.78, 5) is 10.6. The summed E-state index contributed by atoms with van der Waals surface area (Å²) in [6, 6.07) is 9.84. The van der Waals surface area contributed by atoms with Gasteiger partial charge in [-0.3, -0.25) is 14.4 Å². The van der Waals surface area contributed by atoms with E-state index in [1.165, 1.54) is 10.4 Å². The summed E-state index contributed by atoms with van der Waals surface area (Å²) in [6.45, 7) is 4.70. The number of nitro benzene ring substituents is 1. The molecule has 132 valence electrons. The number of non-ortho nitro benzene ring substituents is 1. The zero-order chi connectivity index (χ0) is 18.2. The Bertz CT molecular complexity index is 941. The van der Waals surface area contributed by atoms with E-state index in [1.54, 1.807) is 26.0 Å². The van der Waals surface area contributed by atoms with Gasteiger partial charge in [0.2, 0.25) is 0 Å². The van der Waals surface area contributed by atoms with Crippen molar-refractivity contribution in [2.75, 3.05) is 17.4 Å². The molecule has 25 heavy (non-hydrogen) atoms. The van der Waals surface area contributed by atoms with E-state index >= 15 is 0 Å². The molecule has 1 aliphatic rings. The summed E-state index contributed by atoms with van der Waals surface area (Å²) < 4.78 is 28.0. The van der Waals surface area contributed by atoms with Gasteiger partial charge in [0.15, 0.2) is 0 Å². The Morgan fingerprint density at radius 2 is 1.92 bits per heavy atom. The average Bonchev–Trinajstić information content (AvgIpc) is 2.79. The maximum Gasteiger partial charge on any atom is 0.271 e. The first kappa shape index (κ1) is 17.4. The first-order chi connectivity index (χ1) is 11.8. The molecule has 0 spiro atoms. The maximum absolute atomic E-state index is 13.3. The molecule has 0 bridgehead atoms. The average molecular weight is 361 g/mol. The van der Waals surface area contributed by atoms with Crippen LogP contribution < -0.4 is 9.62 Å². The van der Waals surface area contributed by atoms with Crippen molar-refractivity contribution in [3.63, 3.8) is 0 Å². The van der Waals surface area contributed by atoms with Gasteiger partial charge in [-0.1, -0.05) is 18.2 Å². The second kappa shape index (κ2) is 6.45. The SMILES string of the molecule is Cc1cc([N+](=O)[O-])cc(S(=O)(=O)N2CCNCc3ccccc32)c1C. The van der Waals surface area contributed by atoms with E-state index in [9.17, 15) is 18.5 Å². The first-order valence-electron chi connectivity index (χ1n) is 7.89. The van der Waals surface area contributed by atoms with Crippen LogP contribution >= 0.6 is 0 Å². The quantitative estimate of drug-likeness (QED) is 0.670. The highest BCUT2D eigenvalue weighted by atomic mass is 32.2. The zero-order valence-electron chi connectivity index (χ0n) is 14.0. The summed E-state index contributed by atoms with van der Waals surface area (Å²) >= 11 is 0. The smallest absolute Gasteiger partial charge is 0.271 e. The van der Waals surface area contributed by atoms with Crippen LogP contribution in [0.3, 0.4) is 0 Å². The third kappa shape index (κ3) is 3.10. The van der Waals surface area contributed by atoms with Crippen LogP contribution in [0, 0.1) is 24.0 Å². The highest BCUT2D eigenvalue weighted by Crippen LogP contribution is 2.32. The van der Waals surface area contributed by atoms with Crippen LogP contribution in [0.1, 0.15) is 16.7 Å². The summed E-state index contributed by atoms with van der Waals surface area (Å²) in [6.07, 6.45) is 0. The zero-order valence-corrected chi connectivity index (χ0v) is 14.8. The van der Waals surface area contributed by atoms with Crippen molar-refractivity contribution in [1.82, 2.24) is 5.32 Å². The number of nitrogens with zero attached hydrogens (tertiary/aromatic N) is 2. The number of anilines is 1. The number of sulfonamides is 1. The van der Waals surface area contributed by atoms with Crippen LogP contribution in [0.25, 0.3) is 0 Å². The number of benzene rings is 2. The van der Waals surface area contributed by atoms with Gasteiger partial charge >= 0.3 is 0 Å². The maximum atomic E-state index is 13.3. The molecule has 8 heteroatoms. The number of rotatable bonds is 3. The normalized spacial score (nSPS) is 14.7. The molecule has 0 atom stereocenters. The van der Waals surface area contributed by atoms with Gasteiger partial charge < -0.3 is 5.32 Å². The van der Waals surface area contributed by atoms with Gasteiger partial charge in [-0.25, -0.2) is 8.42 Å². The lowest BCUT2D eigenvalue weighted by Crippen LogP contribution is -2.35. The van der Waals surface area contributed by atoms with Gasteiger partial charge in [0.1, 0.15) is 0 Å². The third-order valence-electron chi connectivity index (χ3n) is 4.45. The second-order valence-corrected chi connectivity index (χ2v) is 7.86. The largest absolute Gasteiger partial charge is 0.311 e. The van der Waals surface area contributed by atoms with E-state index in [0.29, 0.717) is 29.9 Å². The molecule has 2 aromatic carbocycles. The minimum absolute atomic E-state index is 0.0177. The van der Waals surface area contributed by atoms with Crippen molar-refractivity contribution >= 4 is 21.4 Å². The van der Waals surface area contributed by atoms with E-state index in [4.69, 9.17) is 0 Å². The Labute approximate surface area is 146 Å². The Kier molecular flexibility index (Phi) is 4.49. The van der Waals surface area contributed by atoms with E-state index in [0.717, 1.165) is 11.6 Å². The van der Waals surface area contributed by atoms with Crippen LogP contribution in [0.2, 0.25) is 0 Å². The summed E-state index contributed by atoms with van der Waals surface area (Å²) in [7, 11) is -3.92. The number of para-hydroxylation sites is 1. The Balaban J connectivity index is 2.19. The number of hydrogen-bond donors (Lipinski definition) is 1. The molecule has 0 radical (unpaired) electrons. The third-order valence-corrected chi connectivity index (χ3v) is 6.39. The molecule has 1 heterocycles. The number of hydrogen-bond acceptors (Lipinski definition) is 5. The predicted octanol–water partition coefficient (Wildman–Crippen LogP) is 2.51. The highest BCUT2D eigenvalue weighted by Gasteiger charge is 2.31. The van der Waals surface area contributed by atoms with Gasteiger partial charge in [0.05, 0.1) is 15.5 Å². The number of nitrogens with one attached hydrogen (secondary N) is 1. The fraction of sp³-hybridized carbons (Fsp3) is 0.294. The number of aryl methyl sites for hydroxylation is 1. The molecule has 7 nitrogen and oxygen atoms in total. The summed E-state index contributed by atoms with van der Waals surface area (Å²) in [5.74, 6) is 0. The van der Waals surface area contributed by atoms with Crippen LogP contribution in [-0.4, -0.2) is 26.4 Å². The minimum atomic E-state index is -3.92. The van der Waals surface area contributed by atoms with E-state index in [2.05, 4.69) is 5.32 Å². The van der Waals surface area contributed by atoms with Crippen LogP contribution in [0.4, 0.5) is 11.4 Å². The van der Waals surface area contributed by atoms with Crippen molar-refractivity contribution in [2.24, 2.45) is 0 Å². The Hall–Kier alpha value is -2.45. The molecular formula is C17H19N3O4S. The predicted molar refractivity (Wildman–Crippen MR) is 95.3 cm³/mol. The van der Waals surface area contributed by atoms with E-state index in [1.807, 2.05) is 12.1 Å². The Morgan fingerprint density at radius 1 is 1.20 bits per heavy atom. The highest BCUT2D eigenvalue weighted by molar-refractivity contribution is 7.92. The van der Waals surface area contributed by atoms with Crippen molar-refractivity contribution in [3.05, 3.63) is 63.2 Å². The fourth-order valence-corrected chi connectivity index (χ4v) is 4.80. The molecule has 1 aliphatic heterocycles. The van der Waals surface area contributed by atoms with E-state index in [-0.39, 0.29) is 17.1 Å². The van der Waals surface area contributed by atoms with Crippen LogP contribution in [0.15, 0.2) is 41.3 Å². The van der Waals surface area contributed by atoms with Crippen LogP contribution in [-0.2, 0) is 16.6 Å². The van der Waals surface area contributed by atoms with Gasteiger partial charge in [-0.05, 0) is 36.6 Å². The van der Waals surface area contributed by atoms with Gasteiger partial charge in [0.25, 0.3) is 15.7 Å². The minimum Gasteiger partial charge on any atom is -0.311 e. The van der Waals surface area contributed by atoms with Crippen molar-refractivity contribution < 1.29 is 13.3 Å². The second-order valence-electron chi connectivity index (χ2n) is 6.03. The Morgan fingerprint density at radius 3 is 2.64 bits per heavy atom. The molecular weight excluding hydrogens is 342 g/mol. The lowest BCUT2D eigenvalue weighted by molar-refractivity contribution is -0.385. The molecule has 1 N–H and O–H groups in total. The molecule has 0 fully saturated rings. The van der Waals surface area contributed by atoms with Crippen LogP contribution in [0.5, 0.6) is 0 Å². The summed E-state index contributed by atoms with van der Waals surface area (Å²) in [5.41, 5.74) is 2.37. The monoisotopic (exact) mass is 361 g/mol. The molecule has 0 unspecified atom stereocenters. The van der Waals surface area contributed by atoms with Gasteiger partial charge in [0, 0.05) is 31.8 Å². The lowest BCUT2D eigenvalue weighted by atomic mass is 10.1. The lowest BCUT2D eigenvalue weighted by Gasteiger charge is -2.25. The molecule has 0 saturated carbocycles. The molecule has 0 amide bonds. The standard InChI is InChI=1S/C17H19N3O4S/c1-12-9-15(20(21)22)10-17(13(12)2)25(23,24)19-8-7-18-11-14-5-3-4-6-16(14)19/h3-6,9-10,18H,7-8,11H2,1-2H3. The summed E-state index contributed by atoms with van der Waals surface area (Å²) in [5, 5.41) is 14.4. The van der Waals surface area contributed by atoms with Gasteiger partial charge in [-0.2, -0.15) is 0 Å². The fourth-order valence-electron chi connectivity index (χ4n) is 2.98. The molecule has 0 aromatic heterocycles. The first-order valence-corrected chi connectivity index (χ1v) is 9.33.